The van der Waals surface area contributed by atoms with Crippen molar-refractivity contribution in [2.24, 2.45) is 5.92 Å². The molecule has 0 aliphatic heterocycles. The molecule has 0 radical (unpaired) electrons. The molecule has 0 saturated heterocycles. The van der Waals surface area contributed by atoms with Crippen LogP contribution in [0.25, 0.3) is 22.5 Å². The SMILES string of the molecule is CCCCc1nc(C2CCC(CCC(=O)O)CC2)n(Cc2ccc(-c3ccccc3-c3nnn[nH]3)cc2)n1. The molecule has 1 fully saturated rings. The highest BCUT2D eigenvalue weighted by Crippen LogP contribution is 2.37. The van der Waals surface area contributed by atoms with Crippen LogP contribution in [0, 0.1) is 5.92 Å². The van der Waals surface area contributed by atoms with Crippen LogP contribution >= 0.6 is 0 Å². The van der Waals surface area contributed by atoms with E-state index in [4.69, 9.17) is 15.2 Å². The smallest absolute Gasteiger partial charge is 0.303 e. The second kappa shape index (κ2) is 12.1. The van der Waals surface area contributed by atoms with Gasteiger partial charge in [0.25, 0.3) is 0 Å². The fraction of sp³-hybridized carbons (Fsp3) is 0.448. The van der Waals surface area contributed by atoms with E-state index >= 15 is 0 Å². The van der Waals surface area contributed by atoms with E-state index in [0.717, 1.165) is 79.7 Å². The number of aromatic nitrogens is 7. The number of nitrogens with zero attached hydrogens (tertiary/aromatic N) is 6. The van der Waals surface area contributed by atoms with E-state index in [2.05, 4.69) is 62.6 Å². The summed E-state index contributed by atoms with van der Waals surface area (Å²) in [7, 11) is 0. The minimum atomic E-state index is -0.697. The lowest BCUT2D eigenvalue weighted by Gasteiger charge is -2.27. The molecule has 0 unspecified atom stereocenters. The van der Waals surface area contributed by atoms with Crippen LogP contribution in [0.5, 0.6) is 0 Å². The summed E-state index contributed by atoms with van der Waals surface area (Å²) in [5, 5.41) is 28.3. The van der Waals surface area contributed by atoms with E-state index in [1.165, 1.54) is 5.56 Å². The first-order valence-electron chi connectivity index (χ1n) is 13.7. The summed E-state index contributed by atoms with van der Waals surface area (Å²) in [6.45, 7) is 2.87. The van der Waals surface area contributed by atoms with Crippen molar-refractivity contribution in [1.29, 1.82) is 0 Å². The first-order chi connectivity index (χ1) is 18.6. The van der Waals surface area contributed by atoms with E-state index in [0.29, 0.717) is 24.2 Å². The Morgan fingerprint density at radius 1 is 1.05 bits per heavy atom. The highest BCUT2D eigenvalue weighted by molar-refractivity contribution is 5.80. The molecular formula is C29H35N7O2. The summed E-state index contributed by atoms with van der Waals surface area (Å²) in [6, 6.07) is 16.7. The van der Waals surface area contributed by atoms with Crippen molar-refractivity contribution in [3.8, 4) is 22.5 Å². The van der Waals surface area contributed by atoms with E-state index < -0.39 is 5.97 Å². The molecule has 2 aromatic heterocycles. The molecule has 9 heteroatoms. The van der Waals surface area contributed by atoms with Crippen molar-refractivity contribution < 1.29 is 9.90 Å². The van der Waals surface area contributed by atoms with Crippen LogP contribution in [0.15, 0.2) is 48.5 Å². The van der Waals surface area contributed by atoms with Gasteiger partial charge in [0.15, 0.2) is 11.6 Å². The number of nitrogens with one attached hydrogen (secondary N) is 1. The van der Waals surface area contributed by atoms with Crippen LogP contribution in [0.4, 0.5) is 0 Å². The summed E-state index contributed by atoms with van der Waals surface area (Å²) in [5.74, 6) is 2.84. The lowest BCUT2D eigenvalue weighted by Crippen LogP contribution is -2.18. The number of tetrazole rings is 1. The molecule has 0 spiro atoms. The zero-order chi connectivity index (χ0) is 26.3. The number of benzene rings is 2. The number of hydrogen-bond donors (Lipinski definition) is 2. The lowest BCUT2D eigenvalue weighted by atomic mass is 9.79. The number of carboxylic acids is 1. The van der Waals surface area contributed by atoms with Crippen LogP contribution in [0.2, 0.25) is 0 Å². The van der Waals surface area contributed by atoms with Crippen molar-refractivity contribution in [3.05, 3.63) is 65.7 Å². The molecule has 2 N–H and O–H groups in total. The molecule has 0 bridgehead atoms. The number of aliphatic carboxylic acids is 1. The Hall–Kier alpha value is -3.88. The van der Waals surface area contributed by atoms with Crippen LogP contribution in [0.1, 0.15) is 81.4 Å². The van der Waals surface area contributed by atoms with Crippen LogP contribution < -0.4 is 0 Å². The zero-order valence-corrected chi connectivity index (χ0v) is 21.9. The van der Waals surface area contributed by atoms with Crippen LogP contribution in [0.3, 0.4) is 0 Å². The summed E-state index contributed by atoms with van der Waals surface area (Å²) in [5.41, 5.74) is 4.31. The zero-order valence-electron chi connectivity index (χ0n) is 21.9. The van der Waals surface area contributed by atoms with Gasteiger partial charge < -0.3 is 5.11 Å². The second-order valence-corrected chi connectivity index (χ2v) is 10.3. The van der Waals surface area contributed by atoms with Gasteiger partial charge in [-0.3, -0.25) is 4.79 Å². The van der Waals surface area contributed by atoms with Gasteiger partial charge in [-0.15, -0.1) is 5.10 Å². The number of carbonyl (C=O) groups is 1. The van der Waals surface area contributed by atoms with Crippen LogP contribution in [-0.2, 0) is 17.8 Å². The minimum Gasteiger partial charge on any atom is -0.481 e. The van der Waals surface area contributed by atoms with Gasteiger partial charge >= 0.3 is 5.97 Å². The maximum Gasteiger partial charge on any atom is 0.303 e. The molecule has 1 aliphatic rings. The monoisotopic (exact) mass is 513 g/mol. The average molecular weight is 514 g/mol. The molecule has 1 saturated carbocycles. The Morgan fingerprint density at radius 3 is 2.50 bits per heavy atom. The average Bonchev–Trinajstić information content (AvgIpc) is 3.62. The highest BCUT2D eigenvalue weighted by Gasteiger charge is 2.27. The van der Waals surface area contributed by atoms with Gasteiger partial charge in [0, 0.05) is 24.3 Å². The lowest BCUT2D eigenvalue weighted by molar-refractivity contribution is -0.137. The molecule has 2 heterocycles. The van der Waals surface area contributed by atoms with Crippen molar-refractivity contribution in [2.45, 2.75) is 77.2 Å². The Balaban J connectivity index is 1.32. The predicted molar refractivity (Wildman–Crippen MR) is 144 cm³/mol. The molecule has 4 aromatic rings. The molecule has 0 amide bonds. The summed E-state index contributed by atoms with van der Waals surface area (Å²) in [4.78, 5) is 16.0. The largest absolute Gasteiger partial charge is 0.481 e. The third-order valence-corrected chi connectivity index (χ3v) is 7.60. The van der Waals surface area contributed by atoms with Gasteiger partial charge in [0.2, 0.25) is 0 Å². The van der Waals surface area contributed by atoms with E-state index in [-0.39, 0.29) is 6.42 Å². The Labute approximate surface area is 222 Å². The summed E-state index contributed by atoms with van der Waals surface area (Å²) >= 11 is 0. The normalized spacial score (nSPS) is 17.5. The number of aryl methyl sites for hydroxylation is 1. The fourth-order valence-electron chi connectivity index (χ4n) is 5.48. The van der Waals surface area contributed by atoms with Gasteiger partial charge in [-0.25, -0.2) is 14.8 Å². The molecule has 0 atom stereocenters. The Bertz CT molecular complexity index is 1320. The number of unbranched alkanes of at least 4 members (excludes halogenated alkanes) is 1. The molecular weight excluding hydrogens is 478 g/mol. The third-order valence-electron chi connectivity index (χ3n) is 7.60. The van der Waals surface area contributed by atoms with E-state index in [9.17, 15) is 4.79 Å². The van der Waals surface area contributed by atoms with Gasteiger partial charge in [0.05, 0.1) is 6.54 Å². The number of hydrogen-bond acceptors (Lipinski definition) is 6. The second-order valence-electron chi connectivity index (χ2n) is 10.3. The molecule has 38 heavy (non-hydrogen) atoms. The molecule has 2 aromatic carbocycles. The van der Waals surface area contributed by atoms with Gasteiger partial charge in [-0.1, -0.05) is 61.9 Å². The number of H-pyrrole nitrogens is 1. The van der Waals surface area contributed by atoms with E-state index in [1.807, 2.05) is 18.2 Å². The quantitative estimate of drug-likeness (QED) is 0.265. The topological polar surface area (TPSA) is 122 Å². The number of carboxylic acid groups (broad SMARTS) is 1. The number of aromatic amines is 1. The highest BCUT2D eigenvalue weighted by atomic mass is 16.4. The van der Waals surface area contributed by atoms with Crippen molar-refractivity contribution in [2.75, 3.05) is 0 Å². The standard InChI is InChI=1S/C29H35N7O2/c1-2-3-8-26-30-29(23-16-9-20(10-17-23)13-18-27(37)38)36(33-26)19-21-11-14-22(15-12-21)24-6-4-5-7-25(24)28-31-34-35-32-28/h4-7,11-12,14-15,20,23H,2-3,8-10,13,16-19H2,1H3,(H,37,38)(H,31,32,34,35). The third kappa shape index (κ3) is 6.15. The molecule has 5 rings (SSSR count). The molecule has 198 valence electrons. The molecule has 9 nitrogen and oxygen atoms in total. The van der Waals surface area contributed by atoms with E-state index in [1.54, 1.807) is 0 Å². The first-order valence-corrected chi connectivity index (χ1v) is 13.7. The van der Waals surface area contributed by atoms with Gasteiger partial charge in [-0.05, 0) is 71.6 Å². The summed E-state index contributed by atoms with van der Waals surface area (Å²) < 4.78 is 2.11. The van der Waals surface area contributed by atoms with Crippen molar-refractivity contribution >= 4 is 5.97 Å². The Kier molecular flexibility index (Phi) is 8.21. The maximum absolute atomic E-state index is 11.0. The molecule has 1 aliphatic carbocycles. The maximum atomic E-state index is 11.0. The van der Waals surface area contributed by atoms with Crippen molar-refractivity contribution in [1.82, 2.24) is 35.4 Å². The fourth-order valence-corrected chi connectivity index (χ4v) is 5.48. The minimum absolute atomic E-state index is 0.266. The summed E-state index contributed by atoms with van der Waals surface area (Å²) in [6.07, 6.45) is 8.35. The van der Waals surface area contributed by atoms with Crippen molar-refractivity contribution in [3.63, 3.8) is 0 Å². The van der Waals surface area contributed by atoms with Gasteiger partial charge in [-0.2, -0.15) is 5.10 Å². The Morgan fingerprint density at radius 2 is 1.82 bits per heavy atom. The van der Waals surface area contributed by atoms with Gasteiger partial charge in [0.1, 0.15) is 5.82 Å². The van der Waals surface area contributed by atoms with Crippen LogP contribution in [-0.4, -0.2) is 46.5 Å². The predicted octanol–water partition coefficient (Wildman–Crippen LogP) is 5.65. The number of rotatable bonds is 11. The first kappa shape index (κ1) is 25.8.